The maximum absolute atomic E-state index is 5.25. The molecule has 0 aromatic heterocycles. The summed E-state index contributed by atoms with van der Waals surface area (Å²) in [7, 11) is 0.214. The molecule has 2 rings (SSSR count). The highest BCUT2D eigenvalue weighted by Gasteiger charge is 2.11. The van der Waals surface area contributed by atoms with Gasteiger partial charge in [0.15, 0.2) is 0 Å². The fourth-order valence-electron chi connectivity index (χ4n) is 2.55. The minimum Gasteiger partial charge on any atom is -0.497 e. The smallest absolute Gasteiger partial charge is 0.203 e. The van der Waals surface area contributed by atoms with E-state index < -0.39 is 8.07 Å². The summed E-state index contributed by atoms with van der Waals surface area (Å²) >= 11 is 0. The van der Waals surface area contributed by atoms with Crippen molar-refractivity contribution in [1.82, 2.24) is 4.90 Å². The van der Waals surface area contributed by atoms with Gasteiger partial charge in [-0.2, -0.15) is 0 Å². The molecule has 2 aromatic carbocycles. The van der Waals surface area contributed by atoms with E-state index in [-0.39, 0.29) is 0 Å². The summed E-state index contributed by atoms with van der Waals surface area (Å²) in [5.41, 5.74) is 6.26. The maximum atomic E-state index is 5.25. The Hall–Kier alpha value is -2.71. The van der Waals surface area contributed by atoms with Crippen LogP contribution >= 0.6 is 0 Å². The van der Waals surface area contributed by atoms with Gasteiger partial charge >= 0.3 is 0 Å². The molecule has 0 bridgehead atoms. The molecule has 0 spiro atoms. The van der Waals surface area contributed by atoms with Crippen LogP contribution < -0.4 is 10.1 Å². The molecule has 0 fully saturated rings. The number of aliphatic imine (C=N–C) groups is 1. The van der Waals surface area contributed by atoms with Crippen molar-refractivity contribution in [1.29, 1.82) is 0 Å². The first-order valence-electron chi connectivity index (χ1n) is 9.73. The van der Waals surface area contributed by atoms with Gasteiger partial charge in [0.05, 0.1) is 12.8 Å². The largest absolute Gasteiger partial charge is 0.497 e. The van der Waals surface area contributed by atoms with Crippen molar-refractivity contribution < 1.29 is 4.74 Å². The predicted octanol–water partition coefficient (Wildman–Crippen LogP) is 5.37. The third kappa shape index (κ3) is 6.47. The molecular weight excluding hydrogens is 362 g/mol. The molecule has 5 heteroatoms. The fraction of sp³-hybridized carbons (Fsp3) is 0.348. The summed E-state index contributed by atoms with van der Waals surface area (Å²) in [6, 6.07) is 16.0. The van der Waals surface area contributed by atoms with Crippen LogP contribution in [0.3, 0.4) is 0 Å². The maximum Gasteiger partial charge on any atom is 0.203 e. The van der Waals surface area contributed by atoms with E-state index in [4.69, 9.17) is 9.73 Å². The van der Waals surface area contributed by atoms with E-state index in [1.807, 2.05) is 48.5 Å². The van der Waals surface area contributed by atoms with Crippen molar-refractivity contribution in [2.75, 3.05) is 25.5 Å². The van der Waals surface area contributed by atoms with Gasteiger partial charge in [0, 0.05) is 24.3 Å². The zero-order valence-corrected chi connectivity index (χ0v) is 18.8. The Kier molecular flexibility index (Phi) is 7.71. The van der Waals surface area contributed by atoms with Gasteiger partial charge in [-0.05, 0) is 50.2 Å². The average molecular weight is 394 g/mol. The molecule has 0 atom stereocenters. The topological polar surface area (TPSA) is 36.9 Å². The number of anilines is 1. The van der Waals surface area contributed by atoms with Gasteiger partial charge in [-0.3, -0.25) is 0 Å². The SMILES string of the molecule is CCN(CC)C(=Nc1ccccc1C#C[Si](C)(C)C)Nc1ccc(OC)cc1. The number of nitrogens with one attached hydrogen (secondary N) is 1. The second-order valence-electron chi connectivity index (χ2n) is 7.48. The molecule has 0 radical (unpaired) electrons. The first-order valence-corrected chi connectivity index (χ1v) is 13.2. The number of rotatable bonds is 5. The molecule has 0 aliphatic carbocycles. The Morgan fingerprint density at radius 3 is 2.25 bits per heavy atom. The Morgan fingerprint density at radius 2 is 1.68 bits per heavy atom. The molecule has 148 valence electrons. The molecule has 0 aliphatic heterocycles. The van der Waals surface area contributed by atoms with Gasteiger partial charge in [-0.15, -0.1) is 5.54 Å². The lowest BCUT2D eigenvalue weighted by atomic mass is 10.2. The zero-order valence-electron chi connectivity index (χ0n) is 17.8. The highest BCUT2D eigenvalue weighted by Crippen LogP contribution is 2.21. The highest BCUT2D eigenvalue weighted by atomic mass is 28.3. The van der Waals surface area contributed by atoms with Gasteiger partial charge in [0.25, 0.3) is 0 Å². The lowest BCUT2D eigenvalue weighted by molar-refractivity contribution is 0.415. The van der Waals surface area contributed by atoms with E-state index in [2.05, 4.69) is 55.2 Å². The van der Waals surface area contributed by atoms with Crippen LogP contribution in [0, 0.1) is 11.5 Å². The predicted molar refractivity (Wildman–Crippen MR) is 123 cm³/mol. The van der Waals surface area contributed by atoms with Crippen molar-refractivity contribution in [3.8, 4) is 17.2 Å². The number of benzene rings is 2. The van der Waals surface area contributed by atoms with Crippen LogP contribution in [-0.4, -0.2) is 39.1 Å². The van der Waals surface area contributed by atoms with Gasteiger partial charge in [0.2, 0.25) is 5.96 Å². The fourth-order valence-corrected chi connectivity index (χ4v) is 3.06. The Balaban J connectivity index is 2.43. The number of hydrogen-bond acceptors (Lipinski definition) is 2. The number of hydrogen-bond donors (Lipinski definition) is 1. The van der Waals surface area contributed by atoms with Crippen molar-refractivity contribution in [2.45, 2.75) is 33.5 Å². The molecule has 0 unspecified atom stereocenters. The average Bonchev–Trinajstić information content (AvgIpc) is 2.68. The molecule has 28 heavy (non-hydrogen) atoms. The van der Waals surface area contributed by atoms with Crippen LogP contribution in [0.4, 0.5) is 11.4 Å². The van der Waals surface area contributed by atoms with E-state index in [1.165, 1.54) is 0 Å². The van der Waals surface area contributed by atoms with Crippen LogP contribution in [0.1, 0.15) is 19.4 Å². The summed E-state index contributed by atoms with van der Waals surface area (Å²) < 4.78 is 5.25. The molecule has 0 amide bonds. The van der Waals surface area contributed by atoms with Crippen LogP contribution in [0.2, 0.25) is 19.6 Å². The first-order chi connectivity index (χ1) is 13.4. The minimum atomic E-state index is -1.46. The molecule has 0 aliphatic rings. The Bertz CT molecular complexity index is 854. The van der Waals surface area contributed by atoms with E-state index in [1.54, 1.807) is 7.11 Å². The van der Waals surface area contributed by atoms with E-state index in [9.17, 15) is 0 Å². The normalized spacial score (nSPS) is 11.4. The number of methoxy groups -OCH3 is 1. The highest BCUT2D eigenvalue weighted by molar-refractivity contribution is 6.83. The van der Waals surface area contributed by atoms with Gasteiger partial charge in [-0.25, -0.2) is 4.99 Å². The first kappa shape index (κ1) is 21.6. The number of para-hydroxylation sites is 1. The number of ether oxygens (including phenoxy) is 1. The standard InChI is InChI=1S/C23H31N3OSi/c1-7-26(8-2)23(24-20-13-15-21(27-3)16-14-20)25-22-12-10-9-11-19(22)17-18-28(4,5)6/h9-16H,7-8H2,1-6H3,(H,24,25). The molecular formula is C23H31N3OSi. The summed E-state index contributed by atoms with van der Waals surface area (Å²) in [6.45, 7) is 12.7. The van der Waals surface area contributed by atoms with Crippen LogP contribution in [0.25, 0.3) is 0 Å². The lowest BCUT2D eigenvalue weighted by Gasteiger charge is -2.24. The quantitative estimate of drug-likeness (QED) is 0.321. The summed E-state index contributed by atoms with van der Waals surface area (Å²) in [6.07, 6.45) is 0. The zero-order chi connectivity index (χ0) is 20.6. The van der Waals surface area contributed by atoms with E-state index in [0.29, 0.717) is 0 Å². The van der Waals surface area contributed by atoms with Crippen LogP contribution in [0.5, 0.6) is 5.75 Å². The molecule has 0 heterocycles. The second-order valence-corrected chi connectivity index (χ2v) is 12.2. The van der Waals surface area contributed by atoms with Crippen molar-refractivity contribution in [3.05, 3.63) is 54.1 Å². The summed E-state index contributed by atoms with van der Waals surface area (Å²) in [4.78, 5) is 7.15. The second kappa shape index (κ2) is 10.0. The minimum absolute atomic E-state index is 0.817. The van der Waals surface area contributed by atoms with Crippen molar-refractivity contribution in [3.63, 3.8) is 0 Å². The van der Waals surface area contributed by atoms with Crippen molar-refractivity contribution in [2.24, 2.45) is 4.99 Å². The molecule has 1 N–H and O–H groups in total. The third-order valence-corrected chi connectivity index (χ3v) is 4.99. The molecule has 0 saturated carbocycles. The van der Waals surface area contributed by atoms with Crippen LogP contribution in [0.15, 0.2) is 53.5 Å². The Labute approximate surface area is 170 Å². The van der Waals surface area contributed by atoms with Gasteiger partial charge in [0.1, 0.15) is 13.8 Å². The van der Waals surface area contributed by atoms with E-state index in [0.717, 1.165) is 41.7 Å². The van der Waals surface area contributed by atoms with Crippen LogP contribution in [-0.2, 0) is 0 Å². The number of nitrogens with zero attached hydrogens (tertiary/aromatic N) is 2. The lowest BCUT2D eigenvalue weighted by Crippen LogP contribution is -2.36. The van der Waals surface area contributed by atoms with E-state index >= 15 is 0 Å². The van der Waals surface area contributed by atoms with Gasteiger partial charge < -0.3 is 15.0 Å². The third-order valence-electron chi connectivity index (χ3n) is 4.11. The number of guanidine groups is 1. The summed E-state index contributed by atoms with van der Waals surface area (Å²) in [5, 5.41) is 3.46. The molecule has 0 saturated heterocycles. The molecule has 2 aromatic rings. The Morgan fingerprint density at radius 1 is 1.04 bits per heavy atom. The monoisotopic (exact) mass is 393 g/mol. The molecule has 4 nitrogen and oxygen atoms in total. The van der Waals surface area contributed by atoms with Gasteiger partial charge in [-0.1, -0.05) is 37.7 Å². The summed E-state index contributed by atoms with van der Waals surface area (Å²) in [5.74, 6) is 5.00. The van der Waals surface area contributed by atoms with Crippen molar-refractivity contribution >= 4 is 25.4 Å².